The van der Waals surface area contributed by atoms with Crippen molar-refractivity contribution >= 4 is 21.4 Å². The molecule has 3 N–H and O–H groups in total. The van der Waals surface area contributed by atoms with E-state index in [1.54, 1.807) is 0 Å². The highest BCUT2D eigenvalue weighted by Gasteiger charge is 2.63. The molecule has 30 heavy (non-hydrogen) atoms. The molecule has 0 aliphatic heterocycles. The van der Waals surface area contributed by atoms with Gasteiger partial charge in [0.1, 0.15) is 11.4 Å². The number of aliphatic hydroxyl groups is 1. The van der Waals surface area contributed by atoms with E-state index in [9.17, 15) is 18.7 Å². The van der Waals surface area contributed by atoms with Gasteiger partial charge >= 0.3 is 0 Å². The minimum absolute atomic E-state index is 0.0470. The molecule has 0 bridgehead atoms. The Balaban J connectivity index is 1.73. The summed E-state index contributed by atoms with van der Waals surface area (Å²) < 4.78 is 23.0. The summed E-state index contributed by atoms with van der Waals surface area (Å²) in [6.07, 6.45) is 8.42. The van der Waals surface area contributed by atoms with Crippen molar-refractivity contribution in [1.29, 1.82) is 0 Å². The smallest absolute Gasteiger partial charge is 0.244 e. The summed E-state index contributed by atoms with van der Waals surface area (Å²) in [5, 5.41) is 28.3. The fraction of sp³-hybridized carbons (Fsp3) is 0.818. The van der Waals surface area contributed by atoms with Gasteiger partial charge in [-0.15, -0.1) is 0 Å². The van der Waals surface area contributed by atoms with Crippen molar-refractivity contribution in [2.75, 3.05) is 6.26 Å². The lowest BCUT2D eigenvalue weighted by atomic mass is 9.44. The highest BCUT2D eigenvalue weighted by Crippen LogP contribution is 2.68. The summed E-state index contributed by atoms with van der Waals surface area (Å²) in [5.74, 6) is 1.94. The second kappa shape index (κ2) is 6.79. The lowest BCUT2D eigenvalue weighted by Crippen LogP contribution is -2.56. The molecular formula is C22H35N3O4S. The van der Waals surface area contributed by atoms with E-state index in [2.05, 4.69) is 35.9 Å². The SMILES string of the molecule is CC1CC2=CC(=NNS(C)(=O)=O)C(=NO)C[C@]2(C)[C@@H]2CC[C@@]3(C)[C@@H](CCC3(C)O)[C@H]12. The molecule has 4 rings (SSSR count). The number of nitrogens with zero attached hydrogens (tertiary/aromatic N) is 2. The van der Waals surface area contributed by atoms with Crippen molar-refractivity contribution in [3.8, 4) is 0 Å². The van der Waals surface area contributed by atoms with Crippen molar-refractivity contribution in [2.24, 2.45) is 44.8 Å². The van der Waals surface area contributed by atoms with Crippen molar-refractivity contribution in [3.05, 3.63) is 11.6 Å². The average molecular weight is 438 g/mol. The molecule has 7 atom stereocenters. The molecule has 0 aromatic carbocycles. The quantitative estimate of drug-likeness (QED) is 0.455. The highest BCUT2D eigenvalue weighted by molar-refractivity contribution is 7.88. The molecule has 7 nitrogen and oxygen atoms in total. The summed E-state index contributed by atoms with van der Waals surface area (Å²) in [6.45, 7) is 8.88. The van der Waals surface area contributed by atoms with E-state index in [1.807, 2.05) is 13.0 Å². The summed E-state index contributed by atoms with van der Waals surface area (Å²) in [4.78, 5) is 2.17. The third kappa shape index (κ3) is 3.13. The van der Waals surface area contributed by atoms with E-state index in [1.165, 1.54) is 5.57 Å². The van der Waals surface area contributed by atoms with Crippen molar-refractivity contribution < 1.29 is 18.7 Å². The number of fused-ring (bicyclic) bond motifs is 5. The molecule has 0 heterocycles. The van der Waals surface area contributed by atoms with Gasteiger partial charge < -0.3 is 10.3 Å². The van der Waals surface area contributed by atoms with Crippen LogP contribution in [0.3, 0.4) is 0 Å². The number of hydrazone groups is 1. The van der Waals surface area contributed by atoms with E-state index in [0.29, 0.717) is 41.5 Å². The fourth-order valence-electron chi connectivity index (χ4n) is 7.40. The van der Waals surface area contributed by atoms with Crippen LogP contribution in [0.4, 0.5) is 0 Å². The Labute approximate surface area is 179 Å². The zero-order valence-corrected chi connectivity index (χ0v) is 19.5. The Kier molecular flexibility index (Phi) is 4.94. The fourth-order valence-corrected chi connectivity index (χ4v) is 7.67. The minimum atomic E-state index is -3.48. The third-order valence-corrected chi connectivity index (χ3v) is 9.66. The number of hydrogen-bond acceptors (Lipinski definition) is 6. The first-order valence-electron chi connectivity index (χ1n) is 11.0. The van der Waals surface area contributed by atoms with Crippen LogP contribution >= 0.6 is 0 Å². The van der Waals surface area contributed by atoms with Crippen LogP contribution in [-0.4, -0.2) is 42.0 Å². The van der Waals surface area contributed by atoms with E-state index in [0.717, 1.165) is 38.4 Å². The lowest BCUT2D eigenvalue weighted by molar-refractivity contribution is -0.126. The van der Waals surface area contributed by atoms with Gasteiger partial charge in [0, 0.05) is 6.42 Å². The molecular weight excluding hydrogens is 402 g/mol. The molecule has 2 unspecified atom stereocenters. The van der Waals surface area contributed by atoms with E-state index >= 15 is 0 Å². The highest BCUT2D eigenvalue weighted by atomic mass is 32.2. The van der Waals surface area contributed by atoms with Crippen LogP contribution < -0.4 is 4.83 Å². The first kappa shape index (κ1) is 21.8. The van der Waals surface area contributed by atoms with Gasteiger partial charge in [0.15, 0.2) is 0 Å². The third-order valence-electron chi connectivity index (χ3n) is 9.24. The maximum absolute atomic E-state index is 11.5. The number of rotatable bonds is 2. The van der Waals surface area contributed by atoms with E-state index in [4.69, 9.17) is 0 Å². The van der Waals surface area contributed by atoms with Crippen LogP contribution in [0, 0.1) is 34.5 Å². The van der Waals surface area contributed by atoms with Gasteiger partial charge in [0.05, 0.1) is 11.9 Å². The second-order valence-electron chi connectivity index (χ2n) is 10.9. The number of allylic oxidation sites excluding steroid dienone is 2. The van der Waals surface area contributed by atoms with Crippen LogP contribution in [-0.2, 0) is 10.0 Å². The minimum Gasteiger partial charge on any atom is -0.411 e. The van der Waals surface area contributed by atoms with Crippen molar-refractivity contribution in [3.63, 3.8) is 0 Å². The summed E-state index contributed by atoms with van der Waals surface area (Å²) >= 11 is 0. The Bertz CT molecular complexity index is 938. The Morgan fingerprint density at radius 2 is 1.83 bits per heavy atom. The van der Waals surface area contributed by atoms with Gasteiger partial charge in [-0.3, -0.25) is 0 Å². The predicted molar refractivity (Wildman–Crippen MR) is 117 cm³/mol. The normalized spacial score (nSPS) is 48.7. The van der Waals surface area contributed by atoms with Gasteiger partial charge in [-0.1, -0.05) is 31.5 Å². The molecule has 0 aromatic heterocycles. The summed E-state index contributed by atoms with van der Waals surface area (Å²) in [7, 11) is -3.48. The van der Waals surface area contributed by atoms with Crippen LogP contribution in [0.1, 0.15) is 66.2 Å². The maximum Gasteiger partial charge on any atom is 0.244 e. The monoisotopic (exact) mass is 437 g/mol. The Hall–Kier alpha value is -1.41. The molecule has 4 aliphatic rings. The standard InChI is InChI=1S/C22H35N3O4S/c1-13-10-14-11-17(23-25-30(5,28)29)18(24-27)12-20(14,2)15-6-8-21(3)16(19(13)15)7-9-22(21,4)26/h11,13,15-16,19,25-27H,6-10,12H2,1-5H3/t13?,15-,16+,19-,20+,21+,22?/m1/s1. The Morgan fingerprint density at radius 1 is 1.17 bits per heavy atom. The molecule has 0 aromatic rings. The molecule has 4 aliphatic carbocycles. The topological polar surface area (TPSA) is 111 Å². The first-order valence-corrected chi connectivity index (χ1v) is 12.9. The van der Waals surface area contributed by atoms with Crippen molar-refractivity contribution in [1.82, 2.24) is 4.83 Å². The zero-order valence-electron chi connectivity index (χ0n) is 18.6. The van der Waals surface area contributed by atoms with Gasteiger partial charge in [0.25, 0.3) is 0 Å². The first-order chi connectivity index (χ1) is 13.8. The van der Waals surface area contributed by atoms with Gasteiger partial charge in [-0.25, -0.2) is 13.2 Å². The molecule has 0 radical (unpaired) electrons. The van der Waals surface area contributed by atoms with E-state index in [-0.39, 0.29) is 10.8 Å². The maximum atomic E-state index is 11.5. The number of oxime groups is 1. The zero-order chi connectivity index (χ0) is 22.1. The van der Waals surface area contributed by atoms with Gasteiger partial charge in [-0.2, -0.15) is 5.10 Å². The molecule has 3 fully saturated rings. The number of hydrogen-bond donors (Lipinski definition) is 3. The molecule has 168 valence electrons. The Morgan fingerprint density at radius 3 is 2.47 bits per heavy atom. The number of sulfonamides is 1. The molecule has 3 saturated carbocycles. The van der Waals surface area contributed by atoms with Crippen LogP contribution in [0.15, 0.2) is 21.9 Å². The molecule has 0 spiro atoms. The van der Waals surface area contributed by atoms with Crippen LogP contribution in [0.5, 0.6) is 0 Å². The number of nitrogens with one attached hydrogen (secondary N) is 1. The molecule has 0 saturated heterocycles. The molecule has 8 heteroatoms. The predicted octanol–water partition coefficient (Wildman–Crippen LogP) is 3.29. The van der Waals surface area contributed by atoms with Gasteiger partial charge in [0.2, 0.25) is 10.0 Å². The van der Waals surface area contributed by atoms with Crippen LogP contribution in [0.25, 0.3) is 0 Å². The lowest BCUT2D eigenvalue weighted by Gasteiger charge is -2.60. The van der Waals surface area contributed by atoms with E-state index < -0.39 is 15.6 Å². The molecule has 0 amide bonds. The largest absolute Gasteiger partial charge is 0.411 e. The summed E-state index contributed by atoms with van der Waals surface area (Å²) in [6, 6.07) is 0. The van der Waals surface area contributed by atoms with Crippen LogP contribution in [0.2, 0.25) is 0 Å². The summed E-state index contributed by atoms with van der Waals surface area (Å²) in [5.41, 5.74) is 1.29. The van der Waals surface area contributed by atoms with Crippen molar-refractivity contribution in [2.45, 2.75) is 71.8 Å². The van der Waals surface area contributed by atoms with Gasteiger partial charge in [-0.05, 0) is 79.6 Å². The second-order valence-corrected chi connectivity index (χ2v) is 12.6. The average Bonchev–Trinajstić information content (AvgIpc) is 2.89.